The second kappa shape index (κ2) is 11.1. The van der Waals surface area contributed by atoms with E-state index in [2.05, 4.69) is 27.7 Å². The molecule has 3 saturated heterocycles. The molecule has 7 heteroatoms. The molecular formula is C36H54O7. The summed E-state index contributed by atoms with van der Waals surface area (Å²) in [6.07, 6.45) is 18.8. The summed E-state index contributed by atoms with van der Waals surface area (Å²) < 4.78 is 32.0. The van der Waals surface area contributed by atoms with Gasteiger partial charge < -0.3 is 23.7 Å². The lowest BCUT2D eigenvalue weighted by molar-refractivity contribution is -0.169. The normalized spacial score (nSPS) is 42.7. The number of ether oxygens (including phenoxy) is 5. The van der Waals surface area contributed by atoms with E-state index >= 15 is 0 Å². The molecule has 0 bridgehead atoms. The number of cyclic esters (lactones) is 1. The highest BCUT2D eigenvalue weighted by Gasteiger charge is 3.01. The van der Waals surface area contributed by atoms with Gasteiger partial charge in [0.25, 0.3) is 0 Å². The third kappa shape index (κ3) is 4.36. The summed E-state index contributed by atoms with van der Waals surface area (Å²) >= 11 is 0. The van der Waals surface area contributed by atoms with E-state index in [1.54, 1.807) is 0 Å². The van der Waals surface area contributed by atoms with Crippen molar-refractivity contribution in [3.05, 3.63) is 11.1 Å². The van der Waals surface area contributed by atoms with E-state index in [4.69, 9.17) is 23.7 Å². The molecule has 7 nitrogen and oxygen atoms in total. The lowest BCUT2D eigenvalue weighted by Gasteiger charge is -2.53. The maximum Gasteiger partial charge on any atom is 0.334 e. The van der Waals surface area contributed by atoms with Gasteiger partial charge in [-0.2, -0.15) is 0 Å². The van der Waals surface area contributed by atoms with Crippen molar-refractivity contribution in [3.63, 3.8) is 0 Å². The molecule has 5 fully saturated rings. The first-order valence-electron chi connectivity index (χ1n) is 17.9. The predicted octanol–water partition coefficient (Wildman–Crippen LogP) is 7.14. The fourth-order valence-electron chi connectivity index (χ4n) is 10.3. The fourth-order valence-corrected chi connectivity index (χ4v) is 10.3. The monoisotopic (exact) mass is 598 g/mol. The minimum atomic E-state index is -0.659. The van der Waals surface area contributed by atoms with Gasteiger partial charge in [0.05, 0.1) is 6.10 Å². The largest absolute Gasteiger partial charge is 0.458 e. The van der Waals surface area contributed by atoms with Crippen LogP contribution >= 0.6 is 0 Å². The summed E-state index contributed by atoms with van der Waals surface area (Å²) in [5.74, 6) is 0.0844. The Morgan fingerprint density at radius 2 is 1.56 bits per heavy atom. The highest BCUT2D eigenvalue weighted by atomic mass is 16.8. The van der Waals surface area contributed by atoms with Crippen molar-refractivity contribution in [1.82, 2.24) is 0 Å². The Bertz CT molecular complexity index is 1150. The minimum absolute atomic E-state index is 0.0520. The van der Waals surface area contributed by atoms with Gasteiger partial charge >= 0.3 is 11.9 Å². The van der Waals surface area contributed by atoms with Gasteiger partial charge in [-0.05, 0) is 43.1 Å². The van der Waals surface area contributed by atoms with Crippen LogP contribution in [0.15, 0.2) is 11.1 Å². The van der Waals surface area contributed by atoms with Gasteiger partial charge in [-0.3, -0.25) is 4.79 Å². The summed E-state index contributed by atoms with van der Waals surface area (Å²) in [7, 11) is 0. The first-order valence-corrected chi connectivity index (χ1v) is 17.9. The van der Waals surface area contributed by atoms with Crippen LogP contribution in [0.2, 0.25) is 0 Å². The molecular weight excluding hydrogens is 544 g/mol. The zero-order valence-electron chi connectivity index (χ0n) is 27.0. The number of fused-ring (bicyclic) bond motifs is 4. The number of unbranched alkanes of at least 4 members (excludes halogenated alkanes) is 12. The average molecular weight is 599 g/mol. The van der Waals surface area contributed by atoms with Crippen LogP contribution in [-0.2, 0) is 33.3 Å². The lowest BCUT2D eigenvalue weighted by atomic mass is 9.46. The number of carbonyl (C=O) groups excluding carboxylic acids is 2. The Morgan fingerprint density at radius 3 is 2.21 bits per heavy atom. The summed E-state index contributed by atoms with van der Waals surface area (Å²) in [6.45, 7) is 9.32. The van der Waals surface area contributed by atoms with Crippen LogP contribution in [0, 0.1) is 17.3 Å². The van der Waals surface area contributed by atoms with Crippen molar-refractivity contribution in [1.29, 1.82) is 0 Å². The van der Waals surface area contributed by atoms with Gasteiger partial charge in [0.2, 0.25) is 0 Å². The molecule has 240 valence electrons. The SMILES string of the molecule is CCCCCCCCCCCCCCCC(=O)O[C@@H]1[C@@]2(C(C)C)O[C@H]2[C@@H]2O[C@]23[C@]12O[C@H]2C[C@H]1C2=C(CC[C@@]13C)C(=O)OC2. The van der Waals surface area contributed by atoms with E-state index in [1.807, 2.05) is 0 Å². The van der Waals surface area contributed by atoms with Crippen LogP contribution in [0.1, 0.15) is 137 Å². The van der Waals surface area contributed by atoms with Gasteiger partial charge in [-0.15, -0.1) is 0 Å². The molecule has 0 amide bonds. The Kier molecular flexibility index (Phi) is 7.82. The number of hydrogen-bond donors (Lipinski definition) is 0. The fraction of sp³-hybridized carbons (Fsp3) is 0.889. The maximum atomic E-state index is 13.4. The topological polar surface area (TPSA) is 90.2 Å². The Labute approximate surface area is 258 Å². The summed E-state index contributed by atoms with van der Waals surface area (Å²) in [5.41, 5.74) is 0.0666. The third-order valence-corrected chi connectivity index (χ3v) is 12.8. The van der Waals surface area contributed by atoms with Crippen LogP contribution in [0.3, 0.4) is 0 Å². The van der Waals surface area contributed by atoms with E-state index < -0.39 is 22.9 Å². The quantitative estimate of drug-likeness (QED) is 0.106. The van der Waals surface area contributed by atoms with Crippen molar-refractivity contribution in [2.24, 2.45) is 17.3 Å². The van der Waals surface area contributed by atoms with Crippen molar-refractivity contribution in [2.45, 2.75) is 178 Å². The Morgan fingerprint density at radius 1 is 0.907 bits per heavy atom. The van der Waals surface area contributed by atoms with Gasteiger partial charge in [0.1, 0.15) is 30.0 Å². The van der Waals surface area contributed by atoms with Crippen LogP contribution < -0.4 is 0 Å². The molecule has 9 atom stereocenters. The summed E-state index contributed by atoms with van der Waals surface area (Å²) in [6, 6.07) is 0. The van der Waals surface area contributed by atoms with Gasteiger partial charge in [-0.1, -0.05) is 105 Å². The van der Waals surface area contributed by atoms with Gasteiger partial charge in [0, 0.05) is 17.4 Å². The van der Waals surface area contributed by atoms with E-state index in [0.717, 1.165) is 36.8 Å². The first kappa shape index (κ1) is 30.2. The zero-order chi connectivity index (χ0) is 30.0. The molecule has 0 radical (unpaired) electrons. The molecule has 0 aromatic heterocycles. The van der Waals surface area contributed by atoms with Gasteiger partial charge in [-0.25, -0.2) is 4.79 Å². The van der Waals surface area contributed by atoms with E-state index in [0.29, 0.717) is 19.4 Å². The molecule has 0 unspecified atom stereocenters. The number of esters is 2. The number of rotatable bonds is 16. The average Bonchev–Trinajstić information content (AvgIpc) is 3.90. The minimum Gasteiger partial charge on any atom is -0.458 e. The molecule has 0 aromatic rings. The molecule has 43 heavy (non-hydrogen) atoms. The molecule has 4 aliphatic heterocycles. The standard InChI is InChI=1S/C36H54O7/c1-5-6-7-8-9-10-11-12-13-14-15-16-17-18-28(37)40-32-34(23(2)3)29(42-34)30-36(43-30)33(4)20-19-24-25(22-39-31(24)38)26(33)21-27-35(32,36)41-27/h23,26-27,29-30,32H,5-22H2,1-4H3/t26-,27-,29-,30-,32+,33-,34-,35+,36+/m0/s1. The highest BCUT2D eigenvalue weighted by Crippen LogP contribution is 2.83. The van der Waals surface area contributed by atoms with Crippen molar-refractivity contribution in [3.8, 4) is 0 Å². The highest BCUT2D eigenvalue weighted by molar-refractivity contribution is 5.92. The molecule has 7 aliphatic rings. The first-order chi connectivity index (χ1) is 20.8. The molecule has 0 aromatic carbocycles. The summed E-state index contributed by atoms with van der Waals surface area (Å²) in [5, 5.41) is 0. The van der Waals surface area contributed by atoms with Crippen LogP contribution in [0.4, 0.5) is 0 Å². The lowest BCUT2D eigenvalue weighted by Crippen LogP contribution is -2.70. The molecule has 3 aliphatic carbocycles. The molecule has 2 spiro atoms. The Hall–Kier alpha value is -1.44. The second-order valence-electron chi connectivity index (χ2n) is 15.4. The van der Waals surface area contributed by atoms with Crippen molar-refractivity contribution in [2.75, 3.05) is 6.61 Å². The molecule has 0 N–H and O–H groups in total. The van der Waals surface area contributed by atoms with Gasteiger partial charge in [0.15, 0.2) is 11.7 Å². The second-order valence-corrected chi connectivity index (χ2v) is 15.4. The zero-order valence-corrected chi connectivity index (χ0v) is 27.0. The number of carbonyl (C=O) groups is 2. The van der Waals surface area contributed by atoms with Crippen molar-refractivity contribution >= 4 is 11.9 Å². The van der Waals surface area contributed by atoms with Crippen LogP contribution in [-0.4, -0.2) is 59.8 Å². The van der Waals surface area contributed by atoms with E-state index in [-0.39, 0.29) is 47.5 Å². The van der Waals surface area contributed by atoms with Crippen LogP contribution in [0.5, 0.6) is 0 Å². The Balaban J connectivity index is 0.943. The smallest absolute Gasteiger partial charge is 0.334 e. The molecule has 2 saturated carbocycles. The van der Waals surface area contributed by atoms with Crippen molar-refractivity contribution < 1.29 is 33.3 Å². The van der Waals surface area contributed by atoms with E-state index in [1.165, 1.54) is 70.6 Å². The number of hydrogen-bond acceptors (Lipinski definition) is 7. The third-order valence-electron chi connectivity index (χ3n) is 12.8. The van der Waals surface area contributed by atoms with Crippen LogP contribution in [0.25, 0.3) is 0 Å². The van der Waals surface area contributed by atoms with E-state index in [9.17, 15) is 9.59 Å². The summed E-state index contributed by atoms with van der Waals surface area (Å²) in [4.78, 5) is 25.8. The molecule has 7 rings (SSSR count). The predicted molar refractivity (Wildman–Crippen MR) is 161 cm³/mol. The molecule has 4 heterocycles. The number of epoxide rings is 3. The maximum absolute atomic E-state index is 13.4.